The van der Waals surface area contributed by atoms with E-state index in [0.29, 0.717) is 5.56 Å². The summed E-state index contributed by atoms with van der Waals surface area (Å²) in [6.07, 6.45) is 4.17. The lowest BCUT2D eigenvalue weighted by Crippen LogP contribution is -2.46. The fraction of sp³-hybridized carbons (Fsp3) is 0.250. The third kappa shape index (κ3) is 2.99. The third-order valence-electron chi connectivity index (χ3n) is 4.97. The second kappa shape index (κ2) is 6.72. The van der Waals surface area contributed by atoms with Gasteiger partial charge in [-0.1, -0.05) is 47.7 Å². The van der Waals surface area contributed by atoms with Gasteiger partial charge in [0.15, 0.2) is 5.84 Å². The molecule has 0 atom stereocenters. The molecule has 6 heteroatoms. The molecule has 2 aromatic rings. The van der Waals surface area contributed by atoms with Crippen LogP contribution in [0.3, 0.4) is 0 Å². The third-order valence-corrected chi connectivity index (χ3v) is 4.97. The number of rotatable bonds is 2. The predicted molar refractivity (Wildman–Crippen MR) is 101 cm³/mol. The van der Waals surface area contributed by atoms with Gasteiger partial charge in [-0.2, -0.15) is 0 Å². The maximum Gasteiger partial charge on any atom is 0.176 e. The average Bonchev–Trinajstić information content (AvgIpc) is 2.68. The Kier molecular flexibility index (Phi) is 4.26. The van der Waals surface area contributed by atoms with Gasteiger partial charge >= 0.3 is 0 Å². The standard InChI is InChI=1S/C20H21N5O/c21-19(24-25-22)15-7-5-14(6-8-15)17-13-20(9-11-23-12-10-20)26-18-4-2-1-3-16(17)18/h1-8,13,23H,9-12H2,(H3,21,22,24). The highest BCUT2D eigenvalue weighted by molar-refractivity contribution is 5.97. The molecule has 2 heterocycles. The monoisotopic (exact) mass is 347 g/mol. The van der Waals surface area contributed by atoms with E-state index in [-0.39, 0.29) is 11.4 Å². The van der Waals surface area contributed by atoms with Crippen LogP contribution >= 0.6 is 0 Å². The largest absolute Gasteiger partial charge is 0.482 e. The molecule has 26 heavy (non-hydrogen) atoms. The summed E-state index contributed by atoms with van der Waals surface area (Å²) in [5, 5.41) is 18.0. The lowest BCUT2D eigenvalue weighted by molar-refractivity contribution is 0.0817. The number of piperidine rings is 1. The molecule has 1 saturated heterocycles. The molecule has 1 spiro atoms. The fourth-order valence-corrected chi connectivity index (χ4v) is 3.63. The molecular weight excluding hydrogens is 326 g/mol. The highest BCUT2D eigenvalue weighted by Crippen LogP contribution is 2.42. The van der Waals surface area contributed by atoms with Crippen LogP contribution in [0.2, 0.25) is 0 Å². The van der Waals surface area contributed by atoms with Gasteiger partial charge in [0.1, 0.15) is 11.4 Å². The molecule has 2 aromatic carbocycles. The summed E-state index contributed by atoms with van der Waals surface area (Å²) in [5.41, 5.74) is 3.79. The number of para-hydroxylation sites is 1. The van der Waals surface area contributed by atoms with E-state index in [2.05, 4.69) is 27.8 Å². The van der Waals surface area contributed by atoms with Crippen molar-refractivity contribution < 1.29 is 4.74 Å². The summed E-state index contributed by atoms with van der Waals surface area (Å²) in [6, 6.07) is 15.9. The number of hydrogen-bond donors (Lipinski definition) is 3. The highest BCUT2D eigenvalue weighted by Gasteiger charge is 2.36. The SMILES string of the molecule is N=C(N=NN)c1ccc(C2=CC3(CCNCC3)Oc3ccccc32)cc1. The minimum Gasteiger partial charge on any atom is -0.482 e. The molecule has 0 aliphatic carbocycles. The summed E-state index contributed by atoms with van der Waals surface area (Å²) >= 11 is 0. The van der Waals surface area contributed by atoms with Gasteiger partial charge in [0, 0.05) is 24.0 Å². The first-order chi connectivity index (χ1) is 12.7. The van der Waals surface area contributed by atoms with Gasteiger partial charge in [0.2, 0.25) is 0 Å². The van der Waals surface area contributed by atoms with Crippen molar-refractivity contribution >= 4 is 11.4 Å². The Bertz CT molecular complexity index is 879. The summed E-state index contributed by atoms with van der Waals surface area (Å²) < 4.78 is 6.41. The van der Waals surface area contributed by atoms with Crippen LogP contribution in [0.25, 0.3) is 5.57 Å². The number of amidine groups is 1. The van der Waals surface area contributed by atoms with E-state index in [0.717, 1.165) is 42.8 Å². The van der Waals surface area contributed by atoms with Crippen LogP contribution in [0.4, 0.5) is 0 Å². The lowest BCUT2D eigenvalue weighted by Gasteiger charge is -2.40. The molecule has 0 bridgehead atoms. The molecule has 0 amide bonds. The van der Waals surface area contributed by atoms with E-state index in [1.54, 1.807) is 0 Å². The Balaban J connectivity index is 1.76. The van der Waals surface area contributed by atoms with Crippen LogP contribution < -0.4 is 15.9 Å². The quantitative estimate of drug-likeness (QED) is 0.256. The van der Waals surface area contributed by atoms with Crippen LogP contribution in [0.5, 0.6) is 5.75 Å². The Labute approximate surface area is 152 Å². The molecule has 4 N–H and O–H groups in total. The Morgan fingerprint density at radius 3 is 2.54 bits per heavy atom. The maximum atomic E-state index is 7.83. The Morgan fingerprint density at radius 2 is 1.81 bits per heavy atom. The zero-order valence-corrected chi connectivity index (χ0v) is 14.4. The number of ether oxygens (including phenoxy) is 1. The molecule has 1 fully saturated rings. The zero-order valence-electron chi connectivity index (χ0n) is 14.4. The minimum absolute atomic E-state index is 0.0511. The van der Waals surface area contributed by atoms with Gasteiger partial charge in [-0.3, -0.25) is 5.41 Å². The van der Waals surface area contributed by atoms with E-state index in [4.69, 9.17) is 16.0 Å². The molecule has 0 radical (unpaired) electrons. The molecule has 132 valence electrons. The Morgan fingerprint density at radius 1 is 1.08 bits per heavy atom. The first kappa shape index (κ1) is 16.5. The van der Waals surface area contributed by atoms with Crippen molar-refractivity contribution in [2.45, 2.75) is 18.4 Å². The summed E-state index contributed by atoms with van der Waals surface area (Å²) in [7, 11) is 0. The number of nitrogens with one attached hydrogen (secondary N) is 2. The van der Waals surface area contributed by atoms with Crippen LogP contribution in [0.15, 0.2) is 64.9 Å². The summed E-state index contributed by atoms with van der Waals surface area (Å²) in [6.45, 7) is 1.90. The van der Waals surface area contributed by atoms with Crippen LogP contribution in [-0.2, 0) is 0 Å². The van der Waals surface area contributed by atoms with Gasteiger partial charge in [-0.15, -0.1) is 5.11 Å². The number of fused-ring (bicyclic) bond motifs is 1. The van der Waals surface area contributed by atoms with Crippen molar-refractivity contribution in [3.63, 3.8) is 0 Å². The van der Waals surface area contributed by atoms with E-state index >= 15 is 0 Å². The molecule has 2 aliphatic heterocycles. The highest BCUT2D eigenvalue weighted by atomic mass is 16.5. The predicted octanol–water partition coefficient (Wildman–Crippen LogP) is 3.28. The van der Waals surface area contributed by atoms with Crippen LogP contribution in [0, 0.1) is 5.41 Å². The van der Waals surface area contributed by atoms with Crippen molar-refractivity contribution in [2.75, 3.05) is 13.1 Å². The Hall–Kier alpha value is -2.99. The van der Waals surface area contributed by atoms with Gasteiger partial charge < -0.3 is 15.9 Å². The normalized spacial score (nSPS) is 18.2. The first-order valence-electron chi connectivity index (χ1n) is 8.73. The molecule has 0 saturated carbocycles. The van der Waals surface area contributed by atoms with Crippen molar-refractivity contribution in [3.05, 3.63) is 71.3 Å². The lowest BCUT2D eigenvalue weighted by atomic mass is 9.83. The first-order valence-corrected chi connectivity index (χ1v) is 8.73. The number of hydrogen-bond acceptors (Lipinski definition) is 4. The second-order valence-electron chi connectivity index (χ2n) is 6.61. The molecule has 0 unspecified atom stereocenters. The van der Waals surface area contributed by atoms with Crippen LogP contribution in [-0.4, -0.2) is 24.5 Å². The number of nitrogens with two attached hydrogens (primary N) is 1. The zero-order chi connectivity index (χ0) is 18.0. The number of nitrogens with zero attached hydrogens (tertiary/aromatic N) is 2. The molecular formula is C20H21N5O. The minimum atomic E-state index is -0.256. The van der Waals surface area contributed by atoms with Crippen molar-refractivity contribution in [1.82, 2.24) is 5.32 Å². The van der Waals surface area contributed by atoms with Gasteiger partial charge in [-0.05, 0) is 36.4 Å². The molecule has 4 rings (SSSR count). The van der Waals surface area contributed by atoms with Gasteiger partial charge in [0.05, 0.1) is 0 Å². The van der Waals surface area contributed by atoms with Crippen molar-refractivity contribution in [2.24, 2.45) is 16.2 Å². The maximum absolute atomic E-state index is 7.83. The number of benzene rings is 2. The smallest absolute Gasteiger partial charge is 0.176 e. The van der Waals surface area contributed by atoms with E-state index in [9.17, 15) is 0 Å². The average molecular weight is 347 g/mol. The van der Waals surface area contributed by atoms with E-state index in [1.165, 1.54) is 5.57 Å². The summed E-state index contributed by atoms with van der Waals surface area (Å²) in [4.78, 5) is 0. The molecule has 6 nitrogen and oxygen atoms in total. The van der Waals surface area contributed by atoms with Crippen molar-refractivity contribution in [1.29, 1.82) is 5.41 Å². The topological polar surface area (TPSA) is 95.9 Å². The summed E-state index contributed by atoms with van der Waals surface area (Å²) in [5.74, 6) is 6.02. The van der Waals surface area contributed by atoms with Gasteiger partial charge in [-0.25, -0.2) is 0 Å². The fourth-order valence-electron chi connectivity index (χ4n) is 3.63. The van der Waals surface area contributed by atoms with E-state index < -0.39 is 0 Å². The van der Waals surface area contributed by atoms with Gasteiger partial charge in [0.25, 0.3) is 0 Å². The second-order valence-corrected chi connectivity index (χ2v) is 6.61. The van der Waals surface area contributed by atoms with Crippen molar-refractivity contribution in [3.8, 4) is 5.75 Å². The van der Waals surface area contributed by atoms with Crippen LogP contribution in [0.1, 0.15) is 29.5 Å². The van der Waals surface area contributed by atoms with E-state index in [1.807, 2.05) is 42.5 Å². The molecule has 0 aromatic heterocycles. The molecule has 2 aliphatic rings.